The van der Waals surface area contributed by atoms with Gasteiger partial charge >= 0.3 is 0 Å². The molecule has 0 saturated carbocycles. The minimum absolute atomic E-state index is 0.241. The first-order chi connectivity index (χ1) is 9.29. The van der Waals surface area contributed by atoms with Gasteiger partial charge in [-0.05, 0) is 32.7 Å². The van der Waals surface area contributed by atoms with Gasteiger partial charge in [-0.1, -0.05) is 39.2 Å². The maximum Gasteiger partial charge on any atom is 0.0885 e. The van der Waals surface area contributed by atoms with Crippen molar-refractivity contribution in [3.05, 3.63) is 36.8 Å². The Labute approximate surface area is 124 Å². The molecular weight excluding hydrogens is 248 g/mol. The van der Waals surface area contributed by atoms with Crippen LogP contribution in [0.1, 0.15) is 33.6 Å². The Morgan fingerprint density at radius 3 is 2.20 bits per heavy atom. The summed E-state index contributed by atoms with van der Waals surface area (Å²) in [6, 6.07) is 0.503. The minimum atomic E-state index is 0.241. The van der Waals surface area contributed by atoms with Crippen molar-refractivity contribution in [3.8, 4) is 0 Å². The van der Waals surface area contributed by atoms with Crippen LogP contribution in [0.5, 0.6) is 0 Å². The van der Waals surface area contributed by atoms with Crippen LogP contribution in [0.2, 0.25) is 0 Å². The molecule has 0 aliphatic heterocycles. The number of hydrogen-bond acceptors (Lipinski definition) is 4. The zero-order valence-electron chi connectivity index (χ0n) is 13.6. The highest BCUT2D eigenvalue weighted by molar-refractivity contribution is 5.12. The fraction of sp³-hybridized carbons (Fsp3) is 0.625. The lowest BCUT2D eigenvalue weighted by Crippen LogP contribution is -2.42. The largest absolute Gasteiger partial charge is 0.386 e. The Balaban J connectivity index is 4.36. The Hall–Kier alpha value is -1.42. The van der Waals surface area contributed by atoms with Crippen LogP contribution in [0.25, 0.3) is 0 Å². The van der Waals surface area contributed by atoms with Crippen molar-refractivity contribution >= 4 is 0 Å². The molecule has 20 heavy (non-hydrogen) atoms. The van der Waals surface area contributed by atoms with Crippen molar-refractivity contribution in [3.63, 3.8) is 0 Å². The molecule has 5 N–H and O–H groups in total. The third kappa shape index (κ3) is 7.24. The molecular formula is C16H32N4. The summed E-state index contributed by atoms with van der Waals surface area (Å²) in [5.74, 6) is 1.01. The van der Waals surface area contributed by atoms with Gasteiger partial charge in [-0.2, -0.15) is 0 Å². The van der Waals surface area contributed by atoms with E-state index in [4.69, 9.17) is 5.73 Å². The Kier molecular flexibility index (Phi) is 8.81. The molecule has 0 bridgehead atoms. The van der Waals surface area contributed by atoms with E-state index in [2.05, 4.69) is 49.5 Å². The SMILES string of the molecule is C=C(N)NCCCC(NC(=C)C(NC)C(C)C)C(=C)C. The summed E-state index contributed by atoms with van der Waals surface area (Å²) in [5.41, 5.74) is 7.62. The molecule has 0 aliphatic carbocycles. The molecule has 0 saturated heterocycles. The van der Waals surface area contributed by atoms with Crippen LogP contribution in [0.4, 0.5) is 0 Å². The van der Waals surface area contributed by atoms with E-state index in [0.29, 0.717) is 11.7 Å². The fourth-order valence-corrected chi connectivity index (χ4v) is 2.22. The zero-order chi connectivity index (χ0) is 15.7. The molecule has 4 nitrogen and oxygen atoms in total. The van der Waals surface area contributed by atoms with E-state index in [9.17, 15) is 0 Å². The second-order valence-corrected chi connectivity index (χ2v) is 5.67. The third-order valence-electron chi connectivity index (χ3n) is 3.33. The van der Waals surface area contributed by atoms with Crippen LogP contribution in [0, 0.1) is 5.92 Å². The zero-order valence-corrected chi connectivity index (χ0v) is 13.6. The van der Waals surface area contributed by atoms with E-state index in [-0.39, 0.29) is 12.1 Å². The number of hydrogen-bond donors (Lipinski definition) is 4. The molecule has 0 aromatic carbocycles. The molecule has 116 valence electrons. The van der Waals surface area contributed by atoms with Crippen LogP contribution < -0.4 is 21.7 Å². The highest BCUT2D eigenvalue weighted by Crippen LogP contribution is 2.13. The molecule has 0 radical (unpaired) electrons. The van der Waals surface area contributed by atoms with Gasteiger partial charge in [-0.15, -0.1) is 0 Å². The van der Waals surface area contributed by atoms with E-state index in [0.717, 1.165) is 30.7 Å². The quantitative estimate of drug-likeness (QED) is 0.346. The molecule has 0 amide bonds. The molecule has 0 rings (SSSR count). The monoisotopic (exact) mass is 280 g/mol. The predicted octanol–water partition coefficient (Wildman–Crippen LogP) is 2.08. The smallest absolute Gasteiger partial charge is 0.0885 e. The summed E-state index contributed by atoms with van der Waals surface area (Å²) in [7, 11) is 1.96. The summed E-state index contributed by atoms with van der Waals surface area (Å²) >= 11 is 0. The fourth-order valence-electron chi connectivity index (χ4n) is 2.22. The first kappa shape index (κ1) is 18.6. The van der Waals surface area contributed by atoms with Crippen LogP contribution in [0.15, 0.2) is 36.8 Å². The van der Waals surface area contributed by atoms with Gasteiger partial charge in [0.1, 0.15) is 0 Å². The van der Waals surface area contributed by atoms with E-state index < -0.39 is 0 Å². The molecule has 4 heteroatoms. The highest BCUT2D eigenvalue weighted by Gasteiger charge is 2.18. The highest BCUT2D eigenvalue weighted by atomic mass is 15.0. The molecule has 2 unspecified atom stereocenters. The van der Waals surface area contributed by atoms with Crippen LogP contribution in [-0.4, -0.2) is 25.7 Å². The van der Waals surface area contributed by atoms with Gasteiger partial charge in [0.15, 0.2) is 0 Å². The molecule has 0 heterocycles. The standard InChI is InChI=1S/C16H32N4/c1-11(2)15(9-8-10-19-14(6)17)20-13(5)16(18-7)12(3)4/h12,15-16,18-20H,1,5-6,8-10,17H2,2-4,7H3. The first-order valence-corrected chi connectivity index (χ1v) is 7.25. The Bertz CT molecular complexity index is 333. The van der Waals surface area contributed by atoms with E-state index in [1.165, 1.54) is 0 Å². The average Bonchev–Trinajstić information content (AvgIpc) is 2.32. The Morgan fingerprint density at radius 1 is 1.20 bits per heavy atom. The average molecular weight is 280 g/mol. The van der Waals surface area contributed by atoms with Gasteiger partial charge in [0.2, 0.25) is 0 Å². The maximum absolute atomic E-state index is 5.48. The molecule has 0 aliphatic rings. The number of rotatable bonds is 11. The van der Waals surface area contributed by atoms with Gasteiger partial charge < -0.3 is 21.7 Å². The van der Waals surface area contributed by atoms with E-state index in [1.807, 2.05) is 14.0 Å². The second kappa shape index (κ2) is 9.48. The maximum atomic E-state index is 5.48. The van der Waals surface area contributed by atoms with Crippen LogP contribution in [0.3, 0.4) is 0 Å². The van der Waals surface area contributed by atoms with Gasteiger partial charge in [-0.3, -0.25) is 0 Å². The first-order valence-electron chi connectivity index (χ1n) is 7.25. The molecule has 2 atom stereocenters. The third-order valence-corrected chi connectivity index (χ3v) is 3.33. The summed E-state index contributed by atoms with van der Waals surface area (Å²) in [5, 5.41) is 9.83. The number of likely N-dealkylation sites (N-methyl/N-ethyl adjacent to an activating group) is 1. The number of nitrogens with one attached hydrogen (secondary N) is 3. The Morgan fingerprint density at radius 2 is 1.80 bits per heavy atom. The van der Waals surface area contributed by atoms with Crippen molar-refractivity contribution < 1.29 is 0 Å². The predicted molar refractivity (Wildman–Crippen MR) is 89.1 cm³/mol. The van der Waals surface area contributed by atoms with Crippen molar-refractivity contribution in [2.45, 2.75) is 45.7 Å². The van der Waals surface area contributed by atoms with Gasteiger partial charge in [-0.25, -0.2) is 0 Å². The normalized spacial score (nSPS) is 13.7. The van der Waals surface area contributed by atoms with E-state index in [1.54, 1.807) is 0 Å². The topological polar surface area (TPSA) is 62.1 Å². The van der Waals surface area contributed by atoms with Gasteiger partial charge in [0.05, 0.1) is 5.82 Å². The van der Waals surface area contributed by atoms with Crippen molar-refractivity contribution in [1.82, 2.24) is 16.0 Å². The van der Waals surface area contributed by atoms with Crippen molar-refractivity contribution in [1.29, 1.82) is 0 Å². The van der Waals surface area contributed by atoms with Gasteiger partial charge in [0, 0.05) is 24.3 Å². The summed E-state index contributed by atoms with van der Waals surface area (Å²) in [6.45, 7) is 19.1. The lowest BCUT2D eigenvalue weighted by Gasteiger charge is -2.28. The molecule has 0 fully saturated rings. The van der Waals surface area contributed by atoms with E-state index >= 15 is 0 Å². The minimum Gasteiger partial charge on any atom is -0.386 e. The number of nitrogens with two attached hydrogens (primary N) is 1. The van der Waals surface area contributed by atoms with Crippen molar-refractivity contribution in [2.24, 2.45) is 11.7 Å². The molecule has 0 aromatic rings. The summed E-state index contributed by atoms with van der Waals surface area (Å²) < 4.78 is 0. The summed E-state index contributed by atoms with van der Waals surface area (Å²) in [6.07, 6.45) is 1.99. The van der Waals surface area contributed by atoms with Crippen LogP contribution >= 0.6 is 0 Å². The molecule has 0 spiro atoms. The summed E-state index contributed by atoms with van der Waals surface area (Å²) in [4.78, 5) is 0. The van der Waals surface area contributed by atoms with Gasteiger partial charge in [0.25, 0.3) is 0 Å². The lowest BCUT2D eigenvalue weighted by atomic mass is 9.99. The second-order valence-electron chi connectivity index (χ2n) is 5.67. The van der Waals surface area contributed by atoms with Crippen molar-refractivity contribution in [2.75, 3.05) is 13.6 Å². The molecule has 0 aromatic heterocycles. The van der Waals surface area contributed by atoms with Crippen LogP contribution in [-0.2, 0) is 0 Å². The lowest BCUT2D eigenvalue weighted by molar-refractivity contribution is 0.435.